The molecule has 4 rings (SSSR count). The summed E-state index contributed by atoms with van der Waals surface area (Å²) < 4.78 is 0. The minimum Gasteiger partial charge on any atom is -0.338 e. The molecule has 6 heteroatoms. The van der Waals surface area contributed by atoms with Crippen molar-refractivity contribution in [1.82, 2.24) is 14.8 Å². The van der Waals surface area contributed by atoms with Crippen LogP contribution in [0.15, 0.2) is 47.4 Å². The van der Waals surface area contributed by atoms with Crippen molar-refractivity contribution in [2.45, 2.75) is 38.8 Å². The van der Waals surface area contributed by atoms with Gasteiger partial charge in [-0.25, -0.2) is 0 Å². The number of hydrogen-bond acceptors (Lipinski definition) is 3. The zero-order chi connectivity index (χ0) is 19.9. The molecule has 148 valence electrons. The first kappa shape index (κ1) is 19.2. The molecular formula is C22H26ClN3O2. The molecule has 0 saturated carbocycles. The normalized spacial score (nSPS) is 21.7. The summed E-state index contributed by atoms with van der Waals surface area (Å²) in [6.45, 7) is 6.88. The molecule has 28 heavy (non-hydrogen) atoms. The SMILES string of the molecule is CC(C)N1CC2(CCN(C(=O)c3ccc[nH]c3=O)CC2)C1c1ccc(Cl)cc1. The highest BCUT2D eigenvalue weighted by molar-refractivity contribution is 6.30. The molecule has 3 heterocycles. The molecule has 1 N–H and O–H groups in total. The summed E-state index contributed by atoms with van der Waals surface area (Å²) in [5.74, 6) is -0.167. The van der Waals surface area contributed by atoms with Gasteiger partial charge in [-0.3, -0.25) is 14.5 Å². The maximum atomic E-state index is 12.8. The molecule has 1 aromatic carbocycles. The van der Waals surface area contributed by atoms with Crippen LogP contribution in [0.25, 0.3) is 0 Å². The molecule has 1 amide bonds. The van der Waals surface area contributed by atoms with E-state index in [-0.39, 0.29) is 22.4 Å². The number of aromatic nitrogens is 1. The Balaban J connectivity index is 1.52. The maximum Gasteiger partial charge on any atom is 0.260 e. The van der Waals surface area contributed by atoms with Gasteiger partial charge in [0.25, 0.3) is 11.5 Å². The molecule has 2 aliphatic rings. The first-order chi connectivity index (χ1) is 13.4. The number of amides is 1. The molecule has 0 aliphatic carbocycles. The number of piperidine rings is 1. The molecule has 2 saturated heterocycles. The number of pyridine rings is 1. The predicted octanol–water partition coefficient (Wildman–Crippen LogP) is 3.72. The third-order valence-corrected chi connectivity index (χ3v) is 6.61. The molecule has 1 spiro atoms. The Labute approximate surface area is 170 Å². The number of hydrogen-bond donors (Lipinski definition) is 1. The van der Waals surface area contributed by atoms with E-state index in [4.69, 9.17) is 11.6 Å². The van der Waals surface area contributed by atoms with E-state index in [1.807, 2.05) is 17.0 Å². The van der Waals surface area contributed by atoms with Crippen LogP contribution in [-0.4, -0.2) is 46.4 Å². The van der Waals surface area contributed by atoms with Crippen molar-refractivity contribution >= 4 is 17.5 Å². The van der Waals surface area contributed by atoms with Crippen LogP contribution in [0.2, 0.25) is 5.02 Å². The van der Waals surface area contributed by atoms with Gasteiger partial charge in [-0.05, 0) is 56.5 Å². The van der Waals surface area contributed by atoms with Crippen molar-refractivity contribution in [3.63, 3.8) is 0 Å². The van der Waals surface area contributed by atoms with Gasteiger partial charge < -0.3 is 9.88 Å². The second-order valence-corrected chi connectivity index (χ2v) is 8.72. The van der Waals surface area contributed by atoms with E-state index >= 15 is 0 Å². The van der Waals surface area contributed by atoms with Gasteiger partial charge >= 0.3 is 0 Å². The van der Waals surface area contributed by atoms with Crippen LogP contribution in [0, 0.1) is 5.41 Å². The van der Waals surface area contributed by atoms with Crippen molar-refractivity contribution in [1.29, 1.82) is 0 Å². The Hall–Kier alpha value is -2.11. The monoisotopic (exact) mass is 399 g/mol. The summed E-state index contributed by atoms with van der Waals surface area (Å²) in [5, 5.41) is 0.752. The fraction of sp³-hybridized carbons (Fsp3) is 0.455. The number of carbonyl (C=O) groups is 1. The number of benzene rings is 1. The van der Waals surface area contributed by atoms with Crippen molar-refractivity contribution in [3.05, 3.63) is 69.1 Å². The van der Waals surface area contributed by atoms with E-state index in [0.717, 1.165) is 24.4 Å². The minimum atomic E-state index is -0.318. The lowest BCUT2D eigenvalue weighted by Crippen LogP contribution is -2.64. The fourth-order valence-electron chi connectivity index (χ4n) is 4.80. The van der Waals surface area contributed by atoms with E-state index in [2.05, 4.69) is 35.9 Å². The van der Waals surface area contributed by atoms with E-state index in [9.17, 15) is 9.59 Å². The van der Waals surface area contributed by atoms with Crippen molar-refractivity contribution in [2.75, 3.05) is 19.6 Å². The zero-order valence-corrected chi connectivity index (χ0v) is 17.1. The molecule has 2 aromatic rings. The first-order valence-corrected chi connectivity index (χ1v) is 10.3. The molecule has 0 bridgehead atoms. The molecule has 2 aliphatic heterocycles. The summed E-state index contributed by atoms with van der Waals surface area (Å²) in [6.07, 6.45) is 3.44. The number of nitrogens with one attached hydrogen (secondary N) is 1. The highest BCUT2D eigenvalue weighted by Gasteiger charge is 2.54. The quantitative estimate of drug-likeness (QED) is 0.855. The largest absolute Gasteiger partial charge is 0.338 e. The van der Waals surface area contributed by atoms with Crippen LogP contribution in [-0.2, 0) is 0 Å². The lowest BCUT2D eigenvalue weighted by molar-refractivity contribution is -0.124. The topological polar surface area (TPSA) is 56.4 Å². The average molecular weight is 400 g/mol. The number of carbonyl (C=O) groups excluding carboxylic acids is 1. The molecule has 1 aromatic heterocycles. The molecule has 5 nitrogen and oxygen atoms in total. The lowest BCUT2D eigenvalue weighted by Gasteiger charge is -2.62. The third-order valence-electron chi connectivity index (χ3n) is 6.35. The van der Waals surface area contributed by atoms with Gasteiger partial charge in [0, 0.05) is 48.4 Å². The number of halogens is 1. The van der Waals surface area contributed by atoms with E-state index < -0.39 is 0 Å². The zero-order valence-electron chi connectivity index (χ0n) is 16.3. The number of rotatable bonds is 3. The van der Waals surface area contributed by atoms with E-state index in [1.54, 1.807) is 18.3 Å². The van der Waals surface area contributed by atoms with Gasteiger partial charge in [0.2, 0.25) is 0 Å². The summed E-state index contributed by atoms with van der Waals surface area (Å²) in [4.78, 5) is 31.7. The third kappa shape index (κ3) is 3.27. The molecule has 2 fully saturated rings. The summed E-state index contributed by atoms with van der Waals surface area (Å²) in [7, 11) is 0. The number of nitrogens with zero attached hydrogens (tertiary/aromatic N) is 2. The van der Waals surface area contributed by atoms with Gasteiger partial charge in [0.15, 0.2) is 0 Å². The molecule has 1 atom stereocenters. The Morgan fingerprint density at radius 3 is 2.46 bits per heavy atom. The Kier molecular flexibility index (Phi) is 5.06. The highest BCUT2D eigenvalue weighted by Crippen LogP contribution is 2.55. The van der Waals surface area contributed by atoms with Crippen LogP contribution >= 0.6 is 11.6 Å². The number of aromatic amines is 1. The van der Waals surface area contributed by atoms with Crippen LogP contribution in [0.1, 0.15) is 48.7 Å². The summed E-state index contributed by atoms with van der Waals surface area (Å²) in [6, 6.07) is 12.3. The Morgan fingerprint density at radius 1 is 1.18 bits per heavy atom. The molecular weight excluding hydrogens is 374 g/mol. The lowest BCUT2D eigenvalue weighted by atomic mass is 9.62. The van der Waals surface area contributed by atoms with Crippen LogP contribution in [0.4, 0.5) is 0 Å². The van der Waals surface area contributed by atoms with Gasteiger partial charge in [-0.1, -0.05) is 23.7 Å². The first-order valence-electron chi connectivity index (χ1n) is 9.89. The number of likely N-dealkylation sites (tertiary alicyclic amines) is 2. The second kappa shape index (κ2) is 7.37. The fourth-order valence-corrected chi connectivity index (χ4v) is 4.92. The summed E-state index contributed by atoms with van der Waals surface area (Å²) in [5.41, 5.74) is 1.38. The van der Waals surface area contributed by atoms with E-state index in [1.165, 1.54) is 5.56 Å². The minimum absolute atomic E-state index is 0.167. The van der Waals surface area contributed by atoms with Crippen molar-refractivity contribution in [2.24, 2.45) is 5.41 Å². The predicted molar refractivity (Wildman–Crippen MR) is 111 cm³/mol. The van der Waals surface area contributed by atoms with Crippen LogP contribution in [0.3, 0.4) is 0 Å². The van der Waals surface area contributed by atoms with Crippen LogP contribution in [0.5, 0.6) is 0 Å². The molecule has 0 radical (unpaired) electrons. The van der Waals surface area contributed by atoms with Crippen molar-refractivity contribution in [3.8, 4) is 0 Å². The summed E-state index contributed by atoms with van der Waals surface area (Å²) >= 11 is 6.09. The standard InChI is InChI=1S/C22H26ClN3O2/c1-15(2)26-14-22(19(26)16-5-7-17(23)8-6-16)9-12-25(13-10-22)21(28)18-4-3-11-24-20(18)27/h3-8,11,15,19H,9-10,12-14H2,1-2H3,(H,24,27). The second-order valence-electron chi connectivity index (χ2n) is 8.29. The van der Waals surface area contributed by atoms with Crippen molar-refractivity contribution < 1.29 is 4.79 Å². The maximum absolute atomic E-state index is 12.8. The average Bonchev–Trinajstić information content (AvgIpc) is 2.68. The van der Waals surface area contributed by atoms with Crippen LogP contribution < -0.4 is 5.56 Å². The van der Waals surface area contributed by atoms with Gasteiger partial charge in [-0.15, -0.1) is 0 Å². The van der Waals surface area contributed by atoms with Gasteiger partial charge in [-0.2, -0.15) is 0 Å². The molecule has 1 unspecified atom stereocenters. The number of H-pyrrole nitrogens is 1. The highest BCUT2D eigenvalue weighted by atomic mass is 35.5. The van der Waals surface area contributed by atoms with Gasteiger partial charge in [0.1, 0.15) is 5.56 Å². The Bertz CT molecular complexity index is 914. The van der Waals surface area contributed by atoms with Gasteiger partial charge in [0.05, 0.1) is 0 Å². The smallest absolute Gasteiger partial charge is 0.260 e. The Morgan fingerprint density at radius 2 is 1.86 bits per heavy atom. The van der Waals surface area contributed by atoms with E-state index in [0.29, 0.717) is 25.2 Å².